The highest BCUT2D eigenvalue weighted by Crippen LogP contribution is 1.90. The van der Waals surface area contributed by atoms with Gasteiger partial charge in [0.05, 0.1) is 25.9 Å². The Kier molecular flexibility index (Phi) is 9.18. The first-order chi connectivity index (χ1) is 7.57. The lowest BCUT2D eigenvalue weighted by Gasteiger charge is -2.15. The van der Waals surface area contributed by atoms with Gasteiger partial charge in [-0.2, -0.15) is 0 Å². The molecule has 0 saturated carbocycles. The number of nitrogens with one attached hydrogen (secondary N) is 1. The number of carbonyl (C=O) groups excluding carboxylic acids is 1. The lowest BCUT2D eigenvalue weighted by molar-refractivity contribution is -0.121. The second kappa shape index (κ2) is 9.57. The lowest BCUT2D eigenvalue weighted by atomic mass is 10.3. The molecule has 0 fully saturated rings. The molecule has 0 aromatic carbocycles. The molecule has 0 aliphatic rings. The molecule has 16 heavy (non-hydrogen) atoms. The van der Waals surface area contributed by atoms with E-state index in [-0.39, 0.29) is 12.0 Å². The predicted molar refractivity (Wildman–Crippen MR) is 63.2 cm³/mol. The molecular formula is C11H24N2O3. The number of amides is 1. The first-order valence-corrected chi connectivity index (χ1v) is 5.80. The van der Waals surface area contributed by atoms with Crippen molar-refractivity contribution >= 4 is 5.91 Å². The van der Waals surface area contributed by atoms with E-state index >= 15 is 0 Å². The summed E-state index contributed by atoms with van der Waals surface area (Å²) in [4.78, 5) is 11.0. The van der Waals surface area contributed by atoms with Crippen LogP contribution in [0.1, 0.15) is 27.2 Å². The van der Waals surface area contributed by atoms with Crippen LogP contribution < -0.4 is 11.1 Å². The van der Waals surface area contributed by atoms with Crippen LogP contribution in [0, 0.1) is 0 Å². The van der Waals surface area contributed by atoms with Crippen molar-refractivity contribution in [2.75, 3.05) is 26.4 Å². The van der Waals surface area contributed by atoms with Gasteiger partial charge in [0.1, 0.15) is 6.04 Å². The normalized spacial score (nSPS) is 13.0. The maximum absolute atomic E-state index is 11.0. The highest BCUT2D eigenvalue weighted by molar-refractivity contribution is 5.79. The molecule has 0 heterocycles. The van der Waals surface area contributed by atoms with Crippen molar-refractivity contribution < 1.29 is 14.3 Å². The van der Waals surface area contributed by atoms with Crippen LogP contribution in [-0.2, 0) is 14.3 Å². The summed E-state index contributed by atoms with van der Waals surface area (Å²) in [6, 6.07) is -0.404. The summed E-state index contributed by atoms with van der Waals surface area (Å²) in [6.07, 6.45) is 1.16. The summed E-state index contributed by atoms with van der Waals surface area (Å²) >= 11 is 0. The van der Waals surface area contributed by atoms with Crippen LogP contribution in [0.25, 0.3) is 0 Å². The predicted octanol–water partition coefficient (Wildman–Crippen LogP) is 0.282. The van der Waals surface area contributed by atoms with Crippen LogP contribution in [0.3, 0.4) is 0 Å². The van der Waals surface area contributed by atoms with E-state index in [2.05, 4.69) is 5.32 Å². The van der Waals surface area contributed by atoms with E-state index in [1.54, 1.807) is 0 Å². The zero-order valence-corrected chi connectivity index (χ0v) is 10.5. The van der Waals surface area contributed by atoms with Gasteiger partial charge in [0.25, 0.3) is 0 Å². The number of carbonyl (C=O) groups is 1. The molecule has 0 bridgehead atoms. The number of hydrogen-bond donors (Lipinski definition) is 2. The van der Waals surface area contributed by atoms with Gasteiger partial charge >= 0.3 is 0 Å². The quantitative estimate of drug-likeness (QED) is 0.531. The molecule has 5 nitrogen and oxygen atoms in total. The van der Waals surface area contributed by atoms with Gasteiger partial charge in [0.15, 0.2) is 0 Å². The second-order valence-corrected chi connectivity index (χ2v) is 3.90. The highest BCUT2D eigenvalue weighted by Gasteiger charge is 2.13. The lowest BCUT2D eigenvalue weighted by Crippen LogP contribution is -2.45. The zero-order valence-electron chi connectivity index (χ0n) is 10.5. The molecule has 0 radical (unpaired) electrons. The molecule has 3 N–H and O–H groups in total. The fourth-order valence-corrected chi connectivity index (χ4v) is 1.10. The van der Waals surface area contributed by atoms with Crippen LogP contribution in [0.5, 0.6) is 0 Å². The molecule has 1 amide bonds. The van der Waals surface area contributed by atoms with E-state index in [0.29, 0.717) is 19.8 Å². The molecule has 0 aromatic heterocycles. The first kappa shape index (κ1) is 15.3. The third kappa shape index (κ3) is 8.64. The minimum absolute atomic E-state index is 0.203. The molecule has 0 aliphatic carbocycles. The molecule has 0 spiro atoms. The number of rotatable bonds is 10. The maximum Gasteiger partial charge on any atom is 0.236 e. The molecule has 96 valence electrons. The van der Waals surface area contributed by atoms with Gasteiger partial charge in [-0.3, -0.25) is 4.79 Å². The van der Waals surface area contributed by atoms with E-state index in [0.717, 1.165) is 13.0 Å². The average molecular weight is 232 g/mol. The van der Waals surface area contributed by atoms with Crippen LogP contribution in [-0.4, -0.2) is 44.4 Å². The molecule has 5 heteroatoms. The topological polar surface area (TPSA) is 73.6 Å². The Balaban J connectivity index is 3.56. The van der Waals surface area contributed by atoms with Crippen molar-refractivity contribution in [1.29, 1.82) is 0 Å². The second-order valence-electron chi connectivity index (χ2n) is 3.90. The Morgan fingerprint density at radius 2 is 2.06 bits per heavy atom. The Morgan fingerprint density at radius 1 is 1.38 bits per heavy atom. The Morgan fingerprint density at radius 3 is 2.56 bits per heavy atom. The van der Waals surface area contributed by atoms with E-state index < -0.39 is 6.04 Å². The summed E-state index contributed by atoms with van der Waals surface area (Å²) in [5.41, 5.74) is 5.23. The Hall–Kier alpha value is -0.650. The smallest absolute Gasteiger partial charge is 0.236 e. The number of primary amides is 1. The molecule has 0 rings (SSSR count). The van der Waals surface area contributed by atoms with Crippen molar-refractivity contribution in [3.8, 4) is 0 Å². The molecule has 1 unspecified atom stereocenters. The number of ether oxygens (including phenoxy) is 2. The standard InChI is InChI=1S/C11H24N2O3/c1-4-5-13-10(11(12)14)8-15-6-7-16-9(2)3/h9-10,13H,4-8H2,1-3H3,(H2,12,14). The SMILES string of the molecule is CCCNC(COCCOC(C)C)C(N)=O. The Bertz CT molecular complexity index is 186. The fraction of sp³-hybridized carbons (Fsp3) is 0.909. The molecule has 0 saturated heterocycles. The van der Waals surface area contributed by atoms with Gasteiger partial charge in [-0.1, -0.05) is 6.92 Å². The Labute approximate surface area is 97.7 Å². The number of nitrogens with two attached hydrogens (primary N) is 1. The molecule has 0 aliphatic heterocycles. The molecule has 0 aromatic rings. The van der Waals surface area contributed by atoms with Gasteiger partial charge in [0.2, 0.25) is 5.91 Å². The van der Waals surface area contributed by atoms with Gasteiger partial charge in [-0.25, -0.2) is 0 Å². The van der Waals surface area contributed by atoms with E-state index in [1.807, 2.05) is 20.8 Å². The minimum Gasteiger partial charge on any atom is -0.377 e. The summed E-state index contributed by atoms with van der Waals surface area (Å²) < 4.78 is 10.6. The van der Waals surface area contributed by atoms with Crippen LogP contribution in [0.15, 0.2) is 0 Å². The van der Waals surface area contributed by atoms with E-state index in [9.17, 15) is 4.79 Å². The van der Waals surface area contributed by atoms with Crippen molar-refractivity contribution in [1.82, 2.24) is 5.32 Å². The fourth-order valence-electron chi connectivity index (χ4n) is 1.10. The third-order valence-corrected chi connectivity index (χ3v) is 1.95. The summed E-state index contributed by atoms with van der Waals surface area (Å²) in [7, 11) is 0. The first-order valence-electron chi connectivity index (χ1n) is 5.80. The number of hydrogen-bond acceptors (Lipinski definition) is 4. The van der Waals surface area contributed by atoms with Crippen molar-refractivity contribution in [2.45, 2.75) is 39.3 Å². The highest BCUT2D eigenvalue weighted by atomic mass is 16.5. The van der Waals surface area contributed by atoms with Crippen LogP contribution in [0.2, 0.25) is 0 Å². The van der Waals surface area contributed by atoms with E-state index in [4.69, 9.17) is 15.2 Å². The average Bonchev–Trinajstić information content (AvgIpc) is 2.21. The zero-order chi connectivity index (χ0) is 12.4. The third-order valence-electron chi connectivity index (χ3n) is 1.95. The van der Waals surface area contributed by atoms with E-state index in [1.165, 1.54) is 0 Å². The maximum atomic E-state index is 11.0. The summed E-state index contributed by atoms with van der Waals surface area (Å²) in [5, 5.41) is 3.03. The molecular weight excluding hydrogens is 208 g/mol. The van der Waals surface area contributed by atoms with Crippen LogP contribution >= 0.6 is 0 Å². The molecule has 1 atom stereocenters. The van der Waals surface area contributed by atoms with Gasteiger partial charge in [0, 0.05) is 0 Å². The van der Waals surface area contributed by atoms with Crippen LogP contribution in [0.4, 0.5) is 0 Å². The monoisotopic (exact) mass is 232 g/mol. The van der Waals surface area contributed by atoms with Crippen molar-refractivity contribution in [2.24, 2.45) is 5.73 Å². The van der Waals surface area contributed by atoms with Crippen molar-refractivity contribution in [3.05, 3.63) is 0 Å². The van der Waals surface area contributed by atoms with Gasteiger partial charge in [-0.15, -0.1) is 0 Å². The minimum atomic E-state index is -0.404. The summed E-state index contributed by atoms with van der Waals surface area (Å²) in [5.74, 6) is -0.377. The van der Waals surface area contributed by atoms with Gasteiger partial charge in [-0.05, 0) is 26.8 Å². The van der Waals surface area contributed by atoms with Crippen molar-refractivity contribution in [3.63, 3.8) is 0 Å². The summed E-state index contributed by atoms with van der Waals surface area (Å²) in [6.45, 7) is 8.05. The largest absolute Gasteiger partial charge is 0.377 e. The van der Waals surface area contributed by atoms with Gasteiger partial charge < -0.3 is 20.5 Å².